The number of rotatable bonds is 4. The molecule has 2 aliphatic rings. The first-order valence-electron chi connectivity index (χ1n) is 7.90. The normalized spacial score (nSPS) is 27.4. The summed E-state index contributed by atoms with van der Waals surface area (Å²) in [6, 6.07) is 4.51. The fourth-order valence-electron chi connectivity index (χ4n) is 3.44. The zero-order valence-electron chi connectivity index (χ0n) is 13.1. The smallest absolute Gasteiger partial charge is 0.127 e. The second-order valence-corrected chi connectivity index (χ2v) is 6.49. The summed E-state index contributed by atoms with van der Waals surface area (Å²) in [7, 11) is 4.00. The number of likely N-dealkylation sites (tertiary alicyclic amines) is 2. The number of pyridine rings is 1. The Hall–Kier alpha value is -1.17. The molecule has 2 aliphatic heterocycles. The second-order valence-electron chi connectivity index (χ2n) is 6.49. The molecular weight excluding hydrogens is 264 g/mol. The molecule has 116 valence electrons. The van der Waals surface area contributed by atoms with E-state index in [0.29, 0.717) is 6.04 Å². The Kier molecular flexibility index (Phi) is 4.42. The molecule has 0 amide bonds. The average Bonchev–Trinajstić information content (AvgIpc) is 3.09. The molecule has 2 atom stereocenters. The molecule has 2 saturated heterocycles. The van der Waals surface area contributed by atoms with Crippen LogP contribution in [0.4, 0.5) is 5.82 Å². The molecule has 0 unspecified atom stereocenters. The highest BCUT2D eigenvalue weighted by atomic mass is 16.3. The molecule has 5 nitrogen and oxygen atoms in total. The van der Waals surface area contributed by atoms with Gasteiger partial charge in [0.05, 0.1) is 6.10 Å². The van der Waals surface area contributed by atoms with Crippen molar-refractivity contribution in [2.24, 2.45) is 0 Å². The maximum Gasteiger partial charge on any atom is 0.127 e. The summed E-state index contributed by atoms with van der Waals surface area (Å²) < 4.78 is 0. The molecule has 0 aliphatic carbocycles. The first-order chi connectivity index (χ1) is 10.1. The standard InChI is InChI=1S/C16H26N4O/c1-18(2)16-6-5-13(9-17-16)10-19-11-14(15(21)12-19)20-7-3-4-8-20/h5-6,9,14-15,21H,3-4,7-8,10-12H2,1-2H3/t14-,15-/m1/s1. The first kappa shape index (κ1) is 14.8. The fraction of sp³-hybridized carbons (Fsp3) is 0.688. The van der Waals surface area contributed by atoms with Crippen LogP contribution in [0.3, 0.4) is 0 Å². The minimum absolute atomic E-state index is 0.211. The highest BCUT2D eigenvalue weighted by molar-refractivity contribution is 5.37. The van der Waals surface area contributed by atoms with E-state index in [1.165, 1.54) is 18.4 Å². The van der Waals surface area contributed by atoms with Crippen LogP contribution in [-0.4, -0.2) is 72.3 Å². The molecule has 3 rings (SSSR count). The van der Waals surface area contributed by atoms with E-state index in [1.807, 2.05) is 25.2 Å². The molecule has 1 aromatic rings. The number of anilines is 1. The lowest BCUT2D eigenvalue weighted by molar-refractivity contribution is 0.0978. The van der Waals surface area contributed by atoms with Crippen LogP contribution in [-0.2, 0) is 6.54 Å². The van der Waals surface area contributed by atoms with Crippen LogP contribution < -0.4 is 4.90 Å². The SMILES string of the molecule is CN(C)c1ccc(CN2C[C@@H](O)[C@H](N3CCCC3)C2)cn1. The molecule has 0 spiro atoms. The van der Waals surface area contributed by atoms with E-state index < -0.39 is 0 Å². The predicted octanol–water partition coefficient (Wildman–Crippen LogP) is 0.788. The summed E-state index contributed by atoms with van der Waals surface area (Å²) in [6.45, 7) is 4.92. The Balaban J connectivity index is 1.58. The maximum atomic E-state index is 10.3. The number of hydrogen-bond acceptors (Lipinski definition) is 5. The van der Waals surface area contributed by atoms with Crippen LogP contribution in [0.2, 0.25) is 0 Å². The van der Waals surface area contributed by atoms with Gasteiger partial charge in [0.15, 0.2) is 0 Å². The second kappa shape index (κ2) is 6.30. The molecule has 1 aromatic heterocycles. The Morgan fingerprint density at radius 2 is 2.00 bits per heavy atom. The van der Waals surface area contributed by atoms with Crippen LogP contribution >= 0.6 is 0 Å². The van der Waals surface area contributed by atoms with Crippen molar-refractivity contribution in [3.05, 3.63) is 23.9 Å². The number of nitrogens with zero attached hydrogens (tertiary/aromatic N) is 4. The lowest BCUT2D eigenvalue weighted by atomic mass is 10.2. The molecule has 0 aromatic carbocycles. The van der Waals surface area contributed by atoms with E-state index in [4.69, 9.17) is 0 Å². The highest BCUT2D eigenvalue weighted by Crippen LogP contribution is 2.22. The number of aliphatic hydroxyl groups is 1. The van der Waals surface area contributed by atoms with E-state index in [9.17, 15) is 5.11 Å². The molecule has 0 radical (unpaired) electrons. The van der Waals surface area contributed by atoms with E-state index in [0.717, 1.165) is 38.5 Å². The van der Waals surface area contributed by atoms with Crippen LogP contribution in [0, 0.1) is 0 Å². The third kappa shape index (κ3) is 3.36. The predicted molar refractivity (Wildman–Crippen MR) is 84.4 cm³/mol. The highest BCUT2D eigenvalue weighted by Gasteiger charge is 2.36. The third-order valence-electron chi connectivity index (χ3n) is 4.62. The monoisotopic (exact) mass is 290 g/mol. The lowest BCUT2D eigenvalue weighted by Crippen LogP contribution is -2.41. The van der Waals surface area contributed by atoms with Crippen molar-refractivity contribution >= 4 is 5.82 Å². The van der Waals surface area contributed by atoms with Gasteiger partial charge in [-0.2, -0.15) is 0 Å². The van der Waals surface area contributed by atoms with Crippen LogP contribution in [0.25, 0.3) is 0 Å². The molecular formula is C16H26N4O. The van der Waals surface area contributed by atoms with Gasteiger partial charge in [-0.25, -0.2) is 4.98 Å². The van der Waals surface area contributed by atoms with Gasteiger partial charge in [0.1, 0.15) is 5.82 Å². The molecule has 5 heteroatoms. The van der Waals surface area contributed by atoms with Gasteiger partial charge in [-0.05, 0) is 37.6 Å². The summed E-state index contributed by atoms with van der Waals surface area (Å²) in [5.41, 5.74) is 1.22. The number of hydrogen-bond donors (Lipinski definition) is 1. The van der Waals surface area contributed by atoms with Crippen molar-refractivity contribution in [3.63, 3.8) is 0 Å². The van der Waals surface area contributed by atoms with Gasteiger partial charge in [0, 0.05) is 46.0 Å². The maximum absolute atomic E-state index is 10.3. The Morgan fingerprint density at radius 3 is 2.62 bits per heavy atom. The van der Waals surface area contributed by atoms with E-state index >= 15 is 0 Å². The first-order valence-corrected chi connectivity index (χ1v) is 7.90. The number of β-amino-alcohol motifs (C(OH)–C–C–N with tert-alkyl or cyclic N) is 1. The van der Waals surface area contributed by atoms with Gasteiger partial charge in [0.2, 0.25) is 0 Å². The quantitative estimate of drug-likeness (QED) is 0.888. The Morgan fingerprint density at radius 1 is 1.24 bits per heavy atom. The summed E-state index contributed by atoms with van der Waals surface area (Å²) in [4.78, 5) is 11.3. The minimum atomic E-state index is -0.211. The van der Waals surface area contributed by atoms with Crippen molar-refractivity contribution in [2.45, 2.75) is 31.5 Å². The van der Waals surface area contributed by atoms with Crippen molar-refractivity contribution < 1.29 is 5.11 Å². The molecule has 0 saturated carbocycles. The zero-order chi connectivity index (χ0) is 14.8. The fourth-order valence-corrected chi connectivity index (χ4v) is 3.44. The zero-order valence-corrected chi connectivity index (χ0v) is 13.1. The summed E-state index contributed by atoms with van der Waals surface area (Å²) in [5.74, 6) is 0.982. The van der Waals surface area contributed by atoms with E-state index in [-0.39, 0.29) is 6.10 Å². The number of aliphatic hydroxyl groups excluding tert-OH is 1. The van der Waals surface area contributed by atoms with Gasteiger partial charge in [-0.15, -0.1) is 0 Å². The van der Waals surface area contributed by atoms with Gasteiger partial charge in [0.25, 0.3) is 0 Å². The average molecular weight is 290 g/mol. The molecule has 1 N–H and O–H groups in total. The lowest BCUT2D eigenvalue weighted by Gasteiger charge is -2.25. The Labute approximate surface area is 127 Å². The topological polar surface area (TPSA) is 42.8 Å². The van der Waals surface area contributed by atoms with Gasteiger partial charge < -0.3 is 10.0 Å². The van der Waals surface area contributed by atoms with Crippen LogP contribution in [0.1, 0.15) is 18.4 Å². The third-order valence-corrected chi connectivity index (χ3v) is 4.62. The van der Waals surface area contributed by atoms with Crippen molar-refractivity contribution in [1.29, 1.82) is 0 Å². The molecule has 0 bridgehead atoms. The van der Waals surface area contributed by atoms with Crippen LogP contribution in [0.5, 0.6) is 0 Å². The molecule has 21 heavy (non-hydrogen) atoms. The van der Waals surface area contributed by atoms with Crippen LogP contribution in [0.15, 0.2) is 18.3 Å². The van der Waals surface area contributed by atoms with Crippen molar-refractivity contribution in [1.82, 2.24) is 14.8 Å². The largest absolute Gasteiger partial charge is 0.390 e. The summed E-state index contributed by atoms with van der Waals surface area (Å²) in [6.07, 6.45) is 4.29. The van der Waals surface area contributed by atoms with E-state index in [1.54, 1.807) is 0 Å². The Bertz CT molecular complexity index is 456. The van der Waals surface area contributed by atoms with Gasteiger partial charge in [-0.3, -0.25) is 9.80 Å². The summed E-state index contributed by atoms with van der Waals surface area (Å²) >= 11 is 0. The number of aromatic nitrogens is 1. The molecule has 2 fully saturated rings. The minimum Gasteiger partial charge on any atom is -0.390 e. The van der Waals surface area contributed by atoms with Gasteiger partial charge >= 0.3 is 0 Å². The molecule has 3 heterocycles. The van der Waals surface area contributed by atoms with Crippen molar-refractivity contribution in [3.8, 4) is 0 Å². The summed E-state index contributed by atoms with van der Waals surface area (Å²) in [5, 5.41) is 10.3. The van der Waals surface area contributed by atoms with E-state index in [2.05, 4.69) is 26.9 Å². The van der Waals surface area contributed by atoms with Crippen molar-refractivity contribution in [2.75, 3.05) is 45.2 Å². The van der Waals surface area contributed by atoms with Gasteiger partial charge in [-0.1, -0.05) is 6.07 Å².